The molecule has 2 saturated heterocycles. The van der Waals surface area contributed by atoms with E-state index in [0.717, 1.165) is 11.2 Å². The van der Waals surface area contributed by atoms with Crippen LogP contribution in [-0.2, 0) is 14.2 Å². The number of nitrogen functional groups attached to an aromatic ring is 1. The predicted molar refractivity (Wildman–Crippen MR) is 77.9 cm³/mol. The van der Waals surface area contributed by atoms with Crippen molar-refractivity contribution in [3.8, 4) is 0 Å². The molecule has 0 saturated carbocycles. The van der Waals surface area contributed by atoms with E-state index in [1.54, 1.807) is 4.52 Å². The zero-order valence-corrected chi connectivity index (χ0v) is 12.5. The standard InChI is InChI=1S/C14H19N5O3/c1-14(2)21-11-9(5-15)20-10(12(11)22-14)7-3-4-8-13(16)17-6-18-19(7)8/h3-4,6,9-12H,5,15H2,1-2H3,(H2,16,17,18). The van der Waals surface area contributed by atoms with Gasteiger partial charge in [-0.05, 0) is 26.0 Å². The number of ether oxygens (including phenoxy) is 3. The van der Waals surface area contributed by atoms with Gasteiger partial charge in [-0.3, -0.25) is 0 Å². The highest BCUT2D eigenvalue weighted by Crippen LogP contribution is 2.45. The highest BCUT2D eigenvalue weighted by Gasteiger charge is 2.55. The lowest BCUT2D eigenvalue weighted by molar-refractivity contribution is -0.187. The maximum absolute atomic E-state index is 6.07. The fourth-order valence-corrected chi connectivity index (χ4v) is 3.30. The second-order valence-electron chi connectivity index (χ2n) is 6.10. The van der Waals surface area contributed by atoms with Gasteiger partial charge in [0.05, 0.1) is 11.8 Å². The third-order valence-electron chi connectivity index (χ3n) is 4.18. The molecule has 8 nitrogen and oxygen atoms in total. The number of aromatic nitrogens is 3. The Morgan fingerprint density at radius 3 is 2.82 bits per heavy atom. The fourth-order valence-electron chi connectivity index (χ4n) is 3.30. The lowest BCUT2D eigenvalue weighted by Gasteiger charge is -2.23. The maximum Gasteiger partial charge on any atom is 0.164 e. The first-order valence-electron chi connectivity index (χ1n) is 7.29. The largest absolute Gasteiger partial charge is 0.382 e. The van der Waals surface area contributed by atoms with Gasteiger partial charge in [0.25, 0.3) is 0 Å². The van der Waals surface area contributed by atoms with Crippen LogP contribution in [0.3, 0.4) is 0 Å². The molecule has 0 aliphatic carbocycles. The highest BCUT2D eigenvalue weighted by atomic mass is 16.8. The molecule has 2 fully saturated rings. The first-order chi connectivity index (χ1) is 10.5. The van der Waals surface area contributed by atoms with E-state index in [1.165, 1.54) is 6.33 Å². The number of nitrogens with zero attached hydrogens (tertiary/aromatic N) is 3. The van der Waals surface area contributed by atoms with Crippen LogP contribution in [0.4, 0.5) is 5.82 Å². The van der Waals surface area contributed by atoms with Crippen LogP contribution in [0.5, 0.6) is 0 Å². The van der Waals surface area contributed by atoms with Crippen LogP contribution in [0, 0.1) is 0 Å². The van der Waals surface area contributed by atoms with Crippen LogP contribution >= 0.6 is 0 Å². The Bertz CT molecular complexity index is 716. The summed E-state index contributed by atoms with van der Waals surface area (Å²) in [5.74, 6) is -0.221. The Labute approximate surface area is 127 Å². The van der Waals surface area contributed by atoms with Gasteiger partial charge in [0.1, 0.15) is 30.2 Å². The van der Waals surface area contributed by atoms with E-state index < -0.39 is 5.79 Å². The normalized spacial score (nSPS) is 33.4. The van der Waals surface area contributed by atoms with Gasteiger partial charge in [0, 0.05) is 6.54 Å². The van der Waals surface area contributed by atoms with Gasteiger partial charge >= 0.3 is 0 Å². The molecule has 2 aliphatic rings. The van der Waals surface area contributed by atoms with Crippen molar-refractivity contribution in [3.63, 3.8) is 0 Å². The van der Waals surface area contributed by atoms with E-state index in [4.69, 9.17) is 25.7 Å². The number of hydrogen-bond donors (Lipinski definition) is 2. The molecule has 0 aromatic carbocycles. The Hall–Kier alpha value is -1.74. The molecule has 4 N–H and O–H groups in total. The number of fused-ring (bicyclic) bond motifs is 2. The molecule has 8 heteroatoms. The molecule has 4 rings (SSSR count). The molecule has 2 aliphatic heterocycles. The van der Waals surface area contributed by atoms with Crippen molar-refractivity contribution in [1.29, 1.82) is 0 Å². The summed E-state index contributed by atoms with van der Waals surface area (Å²) in [5.41, 5.74) is 13.3. The summed E-state index contributed by atoms with van der Waals surface area (Å²) in [5, 5.41) is 4.27. The van der Waals surface area contributed by atoms with E-state index in [1.807, 2.05) is 26.0 Å². The van der Waals surface area contributed by atoms with Crippen molar-refractivity contribution in [1.82, 2.24) is 14.6 Å². The van der Waals surface area contributed by atoms with Crippen molar-refractivity contribution < 1.29 is 14.2 Å². The first kappa shape index (κ1) is 13.9. The van der Waals surface area contributed by atoms with Crippen LogP contribution in [0.15, 0.2) is 18.5 Å². The third kappa shape index (κ3) is 1.92. The second-order valence-corrected chi connectivity index (χ2v) is 6.10. The molecule has 4 heterocycles. The molecular weight excluding hydrogens is 286 g/mol. The minimum Gasteiger partial charge on any atom is -0.382 e. The van der Waals surface area contributed by atoms with Gasteiger partial charge in [0.2, 0.25) is 0 Å². The molecule has 118 valence electrons. The minimum atomic E-state index is -0.647. The average Bonchev–Trinajstić information content (AvgIpc) is 3.10. The van der Waals surface area contributed by atoms with Gasteiger partial charge in [-0.1, -0.05) is 0 Å². The van der Waals surface area contributed by atoms with E-state index in [2.05, 4.69) is 10.1 Å². The van der Waals surface area contributed by atoms with Crippen LogP contribution in [-0.4, -0.2) is 45.2 Å². The molecule has 4 atom stereocenters. The summed E-state index contributed by atoms with van der Waals surface area (Å²) in [4.78, 5) is 4.00. The summed E-state index contributed by atoms with van der Waals surface area (Å²) >= 11 is 0. The fraction of sp³-hybridized carbons (Fsp3) is 0.571. The molecule has 2 aromatic heterocycles. The third-order valence-corrected chi connectivity index (χ3v) is 4.18. The topological polar surface area (TPSA) is 110 Å². The SMILES string of the molecule is CC1(C)OC2C(CN)OC(c3ccc4c(N)ncnn34)C2O1. The Morgan fingerprint density at radius 2 is 2.05 bits per heavy atom. The summed E-state index contributed by atoms with van der Waals surface area (Å²) in [7, 11) is 0. The minimum absolute atomic E-state index is 0.185. The molecule has 4 unspecified atom stereocenters. The molecule has 0 amide bonds. The first-order valence-corrected chi connectivity index (χ1v) is 7.29. The van der Waals surface area contributed by atoms with Gasteiger partial charge in [-0.2, -0.15) is 5.10 Å². The van der Waals surface area contributed by atoms with Crippen LogP contribution < -0.4 is 11.5 Å². The van der Waals surface area contributed by atoms with E-state index in [9.17, 15) is 0 Å². The molecule has 0 spiro atoms. The summed E-state index contributed by atoms with van der Waals surface area (Å²) in [6.07, 6.45) is 0.500. The van der Waals surface area contributed by atoms with E-state index in [0.29, 0.717) is 12.4 Å². The van der Waals surface area contributed by atoms with Crippen molar-refractivity contribution in [2.45, 2.75) is 44.1 Å². The molecule has 0 radical (unpaired) electrons. The maximum atomic E-state index is 6.07. The summed E-state index contributed by atoms with van der Waals surface area (Å²) < 4.78 is 19.8. The van der Waals surface area contributed by atoms with E-state index >= 15 is 0 Å². The summed E-state index contributed by atoms with van der Waals surface area (Å²) in [6.45, 7) is 4.16. The molecule has 22 heavy (non-hydrogen) atoms. The number of nitrogens with two attached hydrogens (primary N) is 2. The van der Waals surface area contributed by atoms with Crippen molar-refractivity contribution >= 4 is 11.3 Å². The van der Waals surface area contributed by atoms with Gasteiger partial charge < -0.3 is 25.7 Å². The van der Waals surface area contributed by atoms with Crippen molar-refractivity contribution in [2.24, 2.45) is 5.73 Å². The highest BCUT2D eigenvalue weighted by molar-refractivity contribution is 5.65. The lowest BCUT2D eigenvalue weighted by atomic mass is 10.1. The van der Waals surface area contributed by atoms with Crippen LogP contribution in [0.1, 0.15) is 25.6 Å². The Kier molecular flexibility index (Phi) is 2.92. The average molecular weight is 305 g/mol. The quantitative estimate of drug-likeness (QED) is 0.817. The monoisotopic (exact) mass is 305 g/mol. The lowest BCUT2D eigenvalue weighted by Crippen LogP contribution is -2.34. The summed E-state index contributed by atoms with van der Waals surface area (Å²) in [6, 6.07) is 3.80. The second kappa shape index (κ2) is 4.63. The number of hydrogen-bond acceptors (Lipinski definition) is 7. The zero-order valence-electron chi connectivity index (χ0n) is 12.5. The van der Waals surface area contributed by atoms with Gasteiger partial charge in [0.15, 0.2) is 11.6 Å². The van der Waals surface area contributed by atoms with Crippen molar-refractivity contribution in [2.75, 3.05) is 12.3 Å². The molecular formula is C14H19N5O3. The van der Waals surface area contributed by atoms with Gasteiger partial charge in [-0.25, -0.2) is 9.50 Å². The van der Waals surface area contributed by atoms with Gasteiger partial charge in [-0.15, -0.1) is 0 Å². The Balaban J connectivity index is 1.77. The van der Waals surface area contributed by atoms with Crippen LogP contribution in [0.25, 0.3) is 5.52 Å². The Morgan fingerprint density at radius 1 is 1.27 bits per heavy atom. The van der Waals surface area contributed by atoms with E-state index in [-0.39, 0.29) is 24.4 Å². The van der Waals surface area contributed by atoms with Crippen LogP contribution in [0.2, 0.25) is 0 Å². The zero-order chi connectivity index (χ0) is 15.5. The number of anilines is 1. The molecule has 2 aromatic rings. The smallest absolute Gasteiger partial charge is 0.164 e. The predicted octanol–water partition coefficient (Wildman–Crippen LogP) is 0.230. The molecule has 0 bridgehead atoms. The number of rotatable bonds is 2. The van der Waals surface area contributed by atoms with Crippen molar-refractivity contribution in [3.05, 3.63) is 24.2 Å².